The molecule has 0 N–H and O–H groups in total. The minimum atomic E-state index is -2.59. The van der Waals surface area contributed by atoms with Gasteiger partial charge in [-0.05, 0) is 0 Å². The van der Waals surface area contributed by atoms with Gasteiger partial charge in [0, 0.05) is 33.0 Å². The minimum Gasteiger partial charge on any atom is -0.375 e. The highest BCUT2D eigenvalue weighted by Crippen LogP contribution is 2.27. The SMILES string of the molecule is COCC(=O)N1CCC(F)(F)CC1. The fourth-order valence-electron chi connectivity index (χ4n) is 1.30. The fraction of sp³-hybridized carbons (Fsp3) is 0.875. The molecule has 3 nitrogen and oxygen atoms in total. The highest BCUT2D eigenvalue weighted by molar-refractivity contribution is 5.77. The van der Waals surface area contributed by atoms with Gasteiger partial charge >= 0.3 is 0 Å². The van der Waals surface area contributed by atoms with Gasteiger partial charge in [0.15, 0.2) is 0 Å². The number of nitrogens with zero attached hydrogens (tertiary/aromatic N) is 1. The van der Waals surface area contributed by atoms with Gasteiger partial charge in [-0.2, -0.15) is 0 Å². The predicted octanol–water partition coefficient (Wildman–Crippen LogP) is 0.891. The van der Waals surface area contributed by atoms with Crippen molar-refractivity contribution in [3.05, 3.63) is 0 Å². The molecule has 0 saturated carbocycles. The monoisotopic (exact) mass is 193 g/mol. The van der Waals surface area contributed by atoms with Crippen molar-refractivity contribution in [1.29, 1.82) is 0 Å². The van der Waals surface area contributed by atoms with Crippen LogP contribution in [-0.2, 0) is 9.53 Å². The van der Waals surface area contributed by atoms with Crippen molar-refractivity contribution in [2.75, 3.05) is 26.8 Å². The average Bonchev–Trinajstić information content (AvgIpc) is 2.04. The first-order chi connectivity index (χ1) is 6.05. The third kappa shape index (κ3) is 2.91. The van der Waals surface area contributed by atoms with E-state index in [1.165, 1.54) is 12.0 Å². The quantitative estimate of drug-likeness (QED) is 0.651. The maximum atomic E-state index is 12.7. The van der Waals surface area contributed by atoms with Crippen LogP contribution >= 0.6 is 0 Å². The van der Waals surface area contributed by atoms with E-state index in [4.69, 9.17) is 0 Å². The van der Waals surface area contributed by atoms with Crippen LogP contribution < -0.4 is 0 Å². The van der Waals surface area contributed by atoms with Crippen molar-refractivity contribution >= 4 is 5.91 Å². The van der Waals surface area contributed by atoms with E-state index in [2.05, 4.69) is 4.74 Å². The smallest absolute Gasteiger partial charge is 0.251 e. The van der Waals surface area contributed by atoms with E-state index in [0.29, 0.717) is 0 Å². The van der Waals surface area contributed by atoms with Crippen LogP contribution in [-0.4, -0.2) is 43.5 Å². The molecule has 5 heteroatoms. The number of piperidine rings is 1. The molecule has 13 heavy (non-hydrogen) atoms. The summed E-state index contributed by atoms with van der Waals surface area (Å²) < 4.78 is 29.9. The summed E-state index contributed by atoms with van der Waals surface area (Å²) in [5.74, 6) is -2.80. The number of carbonyl (C=O) groups is 1. The summed E-state index contributed by atoms with van der Waals surface area (Å²) in [4.78, 5) is 12.6. The third-order valence-electron chi connectivity index (χ3n) is 2.12. The van der Waals surface area contributed by atoms with Gasteiger partial charge in [0.1, 0.15) is 6.61 Å². The highest BCUT2D eigenvalue weighted by atomic mass is 19.3. The van der Waals surface area contributed by atoms with Crippen LogP contribution in [0, 0.1) is 0 Å². The van der Waals surface area contributed by atoms with Crippen LogP contribution in [0.4, 0.5) is 8.78 Å². The lowest BCUT2D eigenvalue weighted by Crippen LogP contribution is -2.44. The number of alkyl halides is 2. The lowest BCUT2D eigenvalue weighted by atomic mass is 10.1. The summed E-state index contributed by atoms with van der Waals surface area (Å²) in [5.41, 5.74) is 0. The fourth-order valence-corrected chi connectivity index (χ4v) is 1.30. The van der Waals surface area contributed by atoms with Gasteiger partial charge in [0.05, 0.1) is 0 Å². The molecule has 0 aromatic rings. The first-order valence-electron chi connectivity index (χ1n) is 4.20. The topological polar surface area (TPSA) is 29.5 Å². The maximum Gasteiger partial charge on any atom is 0.251 e. The molecule has 0 aliphatic carbocycles. The van der Waals surface area contributed by atoms with Crippen molar-refractivity contribution in [1.82, 2.24) is 4.90 Å². The Labute approximate surface area is 75.7 Å². The number of amides is 1. The normalized spacial score (nSPS) is 21.6. The second-order valence-electron chi connectivity index (χ2n) is 3.17. The van der Waals surface area contributed by atoms with Gasteiger partial charge in [0.25, 0.3) is 5.92 Å². The van der Waals surface area contributed by atoms with E-state index in [1.807, 2.05) is 0 Å². The first kappa shape index (κ1) is 10.4. The molecule has 1 rings (SSSR count). The second-order valence-corrected chi connectivity index (χ2v) is 3.17. The Morgan fingerprint density at radius 2 is 2.00 bits per heavy atom. The summed E-state index contributed by atoms with van der Waals surface area (Å²) in [7, 11) is 1.41. The predicted molar refractivity (Wildman–Crippen MR) is 42.6 cm³/mol. The van der Waals surface area contributed by atoms with Crippen LogP contribution in [0.5, 0.6) is 0 Å². The summed E-state index contributed by atoms with van der Waals surface area (Å²) in [6, 6.07) is 0. The van der Waals surface area contributed by atoms with Gasteiger partial charge in [-0.25, -0.2) is 8.78 Å². The molecule has 0 bridgehead atoms. The van der Waals surface area contributed by atoms with E-state index in [9.17, 15) is 13.6 Å². The Hall–Kier alpha value is -0.710. The number of rotatable bonds is 2. The first-order valence-corrected chi connectivity index (χ1v) is 4.20. The molecular weight excluding hydrogens is 180 g/mol. The molecule has 1 fully saturated rings. The van der Waals surface area contributed by atoms with Crippen LogP contribution in [0.2, 0.25) is 0 Å². The summed E-state index contributed by atoms with van der Waals surface area (Å²) in [5, 5.41) is 0. The van der Waals surface area contributed by atoms with Crippen molar-refractivity contribution in [2.24, 2.45) is 0 Å². The van der Waals surface area contributed by atoms with E-state index in [1.54, 1.807) is 0 Å². The Bertz CT molecular complexity index is 187. The van der Waals surface area contributed by atoms with Crippen LogP contribution in [0.1, 0.15) is 12.8 Å². The number of methoxy groups -OCH3 is 1. The molecule has 1 saturated heterocycles. The maximum absolute atomic E-state index is 12.7. The lowest BCUT2D eigenvalue weighted by Gasteiger charge is -2.31. The van der Waals surface area contributed by atoms with Crippen molar-refractivity contribution in [3.63, 3.8) is 0 Å². The number of ether oxygens (including phenoxy) is 1. The van der Waals surface area contributed by atoms with E-state index >= 15 is 0 Å². The summed E-state index contributed by atoms with van der Waals surface area (Å²) >= 11 is 0. The van der Waals surface area contributed by atoms with Gasteiger partial charge in [-0.1, -0.05) is 0 Å². The van der Waals surface area contributed by atoms with Gasteiger partial charge in [0.2, 0.25) is 5.91 Å². The van der Waals surface area contributed by atoms with Crippen LogP contribution in [0.3, 0.4) is 0 Å². The largest absolute Gasteiger partial charge is 0.375 e. The zero-order valence-corrected chi connectivity index (χ0v) is 7.56. The molecule has 1 aliphatic heterocycles. The molecule has 0 radical (unpaired) electrons. The standard InChI is InChI=1S/C8H13F2NO2/c1-13-6-7(12)11-4-2-8(9,10)3-5-11/h2-6H2,1H3. The summed E-state index contributed by atoms with van der Waals surface area (Å²) in [6.07, 6.45) is -0.467. The second kappa shape index (κ2) is 4.00. The molecule has 0 spiro atoms. The third-order valence-corrected chi connectivity index (χ3v) is 2.12. The van der Waals surface area contributed by atoms with E-state index in [-0.39, 0.29) is 38.4 Å². The zero-order chi connectivity index (χ0) is 9.90. The van der Waals surface area contributed by atoms with E-state index < -0.39 is 5.92 Å². The molecule has 1 heterocycles. The minimum absolute atomic E-state index is 0.0223. The number of likely N-dealkylation sites (tertiary alicyclic amines) is 1. The van der Waals surface area contributed by atoms with Crippen molar-refractivity contribution in [3.8, 4) is 0 Å². The molecule has 0 atom stereocenters. The van der Waals surface area contributed by atoms with Gasteiger partial charge in [-0.15, -0.1) is 0 Å². The molecule has 0 aromatic heterocycles. The Morgan fingerprint density at radius 3 is 2.46 bits per heavy atom. The highest BCUT2D eigenvalue weighted by Gasteiger charge is 2.35. The zero-order valence-electron chi connectivity index (χ0n) is 7.56. The van der Waals surface area contributed by atoms with Crippen LogP contribution in [0.15, 0.2) is 0 Å². The van der Waals surface area contributed by atoms with Crippen LogP contribution in [0.25, 0.3) is 0 Å². The molecule has 0 unspecified atom stereocenters. The molecule has 1 aliphatic rings. The van der Waals surface area contributed by atoms with Gasteiger partial charge in [-0.3, -0.25) is 4.79 Å². The molecule has 0 aromatic carbocycles. The van der Waals surface area contributed by atoms with Crippen molar-refractivity contribution < 1.29 is 18.3 Å². The molecule has 1 amide bonds. The van der Waals surface area contributed by atoms with Gasteiger partial charge < -0.3 is 9.64 Å². The average molecular weight is 193 g/mol. The Morgan fingerprint density at radius 1 is 1.46 bits per heavy atom. The number of carbonyl (C=O) groups excluding carboxylic acids is 1. The number of hydrogen-bond donors (Lipinski definition) is 0. The molecular formula is C8H13F2NO2. The Kier molecular flexibility index (Phi) is 3.19. The summed E-state index contributed by atoms with van der Waals surface area (Å²) in [6.45, 7) is 0.246. The Balaban J connectivity index is 2.36. The number of hydrogen-bond acceptors (Lipinski definition) is 2. The van der Waals surface area contributed by atoms with E-state index in [0.717, 1.165) is 0 Å². The lowest BCUT2D eigenvalue weighted by molar-refractivity contribution is -0.141. The number of halogens is 2. The molecule has 76 valence electrons. The van der Waals surface area contributed by atoms with Crippen molar-refractivity contribution in [2.45, 2.75) is 18.8 Å².